The van der Waals surface area contributed by atoms with E-state index in [4.69, 9.17) is 0 Å². The predicted octanol–water partition coefficient (Wildman–Crippen LogP) is 1.46. The van der Waals surface area contributed by atoms with Crippen molar-refractivity contribution in [3.63, 3.8) is 0 Å². The third-order valence-corrected chi connectivity index (χ3v) is 4.52. The maximum absolute atomic E-state index is 12.4. The molecule has 17 heavy (non-hydrogen) atoms. The van der Waals surface area contributed by atoms with Gasteiger partial charge in [0.25, 0.3) is 5.91 Å². The van der Waals surface area contributed by atoms with E-state index in [0.717, 1.165) is 36.8 Å². The molecule has 1 aromatic heterocycles. The molecule has 4 nitrogen and oxygen atoms in total. The van der Waals surface area contributed by atoms with Crippen molar-refractivity contribution in [2.45, 2.75) is 25.2 Å². The van der Waals surface area contributed by atoms with Gasteiger partial charge < -0.3 is 10.2 Å². The van der Waals surface area contributed by atoms with Gasteiger partial charge in [0.1, 0.15) is 4.88 Å². The summed E-state index contributed by atoms with van der Waals surface area (Å²) in [6, 6.07) is 0. The SMILES string of the molecule is O=C(c1scnc1C1CCC1)N1CCNCC1. The highest BCUT2D eigenvalue weighted by atomic mass is 32.1. The summed E-state index contributed by atoms with van der Waals surface area (Å²) in [7, 11) is 0. The summed E-state index contributed by atoms with van der Waals surface area (Å²) in [6.45, 7) is 3.45. The van der Waals surface area contributed by atoms with Crippen LogP contribution in [0.3, 0.4) is 0 Å². The molecular weight excluding hydrogens is 234 g/mol. The van der Waals surface area contributed by atoms with Gasteiger partial charge in [-0.3, -0.25) is 4.79 Å². The first-order chi connectivity index (χ1) is 8.36. The Bertz CT molecular complexity index is 408. The lowest BCUT2D eigenvalue weighted by Crippen LogP contribution is -2.46. The molecular formula is C12H17N3OS. The average Bonchev–Trinajstić information content (AvgIpc) is 2.76. The van der Waals surface area contributed by atoms with Crippen molar-refractivity contribution in [3.8, 4) is 0 Å². The van der Waals surface area contributed by atoms with Crippen LogP contribution < -0.4 is 5.32 Å². The van der Waals surface area contributed by atoms with Crippen LogP contribution in [0.4, 0.5) is 0 Å². The second-order valence-corrected chi connectivity index (χ2v) is 5.59. The number of nitrogens with one attached hydrogen (secondary N) is 1. The van der Waals surface area contributed by atoms with Gasteiger partial charge in [-0.05, 0) is 12.8 Å². The Morgan fingerprint density at radius 3 is 2.82 bits per heavy atom. The van der Waals surface area contributed by atoms with E-state index in [9.17, 15) is 4.79 Å². The molecule has 5 heteroatoms. The summed E-state index contributed by atoms with van der Waals surface area (Å²) in [5, 5.41) is 3.27. The van der Waals surface area contributed by atoms with Crippen molar-refractivity contribution in [3.05, 3.63) is 16.1 Å². The Kier molecular flexibility index (Phi) is 3.11. The van der Waals surface area contributed by atoms with E-state index >= 15 is 0 Å². The first-order valence-corrected chi connectivity index (χ1v) is 7.17. The van der Waals surface area contributed by atoms with Gasteiger partial charge in [0.05, 0.1) is 11.2 Å². The zero-order valence-corrected chi connectivity index (χ0v) is 10.6. The van der Waals surface area contributed by atoms with Crippen molar-refractivity contribution in [1.82, 2.24) is 15.2 Å². The van der Waals surface area contributed by atoms with Crippen molar-refractivity contribution >= 4 is 17.2 Å². The lowest BCUT2D eigenvalue weighted by atomic mass is 9.82. The molecule has 1 saturated heterocycles. The van der Waals surface area contributed by atoms with E-state index in [-0.39, 0.29) is 5.91 Å². The van der Waals surface area contributed by atoms with Crippen LogP contribution in [0.2, 0.25) is 0 Å². The highest BCUT2D eigenvalue weighted by Gasteiger charge is 2.29. The molecule has 1 saturated carbocycles. The molecule has 1 aromatic rings. The molecule has 1 aliphatic carbocycles. The van der Waals surface area contributed by atoms with Gasteiger partial charge in [-0.2, -0.15) is 0 Å². The molecule has 0 unspecified atom stereocenters. The molecule has 0 aromatic carbocycles. The number of hydrogen-bond acceptors (Lipinski definition) is 4. The molecule has 0 radical (unpaired) electrons. The van der Waals surface area contributed by atoms with Gasteiger partial charge in [-0.15, -0.1) is 11.3 Å². The Hall–Kier alpha value is -0.940. The van der Waals surface area contributed by atoms with Crippen LogP contribution in [-0.4, -0.2) is 42.0 Å². The van der Waals surface area contributed by atoms with Crippen LogP contribution >= 0.6 is 11.3 Å². The lowest BCUT2D eigenvalue weighted by molar-refractivity contribution is 0.0738. The molecule has 1 N–H and O–H groups in total. The molecule has 1 aliphatic heterocycles. The Morgan fingerprint density at radius 1 is 1.41 bits per heavy atom. The first-order valence-electron chi connectivity index (χ1n) is 6.29. The van der Waals surface area contributed by atoms with Gasteiger partial charge in [-0.1, -0.05) is 6.42 Å². The van der Waals surface area contributed by atoms with Crippen molar-refractivity contribution in [1.29, 1.82) is 0 Å². The number of nitrogens with zero attached hydrogens (tertiary/aromatic N) is 2. The Labute approximate surface area is 105 Å². The topological polar surface area (TPSA) is 45.2 Å². The smallest absolute Gasteiger partial charge is 0.265 e. The summed E-state index contributed by atoms with van der Waals surface area (Å²) in [6.07, 6.45) is 3.68. The Morgan fingerprint density at radius 2 is 2.18 bits per heavy atom. The largest absolute Gasteiger partial charge is 0.335 e. The molecule has 0 bridgehead atoms. The number of carbonyl (C=O) groups excluding carboxylic acids is 1. The Balaban J connectivity index is 1.78. The lowest BCUT2D eigenvalue weighted by Gasteiger charge is -2.29. The van der Waals surface area contributed by atoms with Crippen molar-refractivity contribution in [2.75, 3.05) is 26.2 Å². The predicted molar refractivity (Wildman–Crippen MR) is 67.5 cm³/mol. The minimum atomic E-state index is 0.191. The second kappa shape index (κ2) is 4.74. The minimum Gasteiger partial charge on any atom is -0.335 e. The third kappa shape index (κ3) is 2.09. The van der Waals surface area contributed by atoms with E-state index in [1.165, 1.54) is 30.6 Å². The number of piperazine rings is 1. The van der Waals surface area contributed by atoms with E-state index in [1.807, 2.05) is 10.4 Å². The number of hydrogen-bond donors (Lipinski definition) is 1. The van der Waals surface area contributed by atoms with Gasteiger partial charge in [-0.25, -0.2) is 4.98 Å². The van der Waals surface area contributed by atoms with E-state index in [2.05, 4.69) is 10.3 Å². The number of rotatable bonds is 2. The highest BCUT2D eigenvalue weighted by molar-refractivity contribution is 7.11. The molecule has 2 aliphatic rings. The molecule has 2 fully saturated rings. The molecule has 3 rings (SSSR count). The average molecular weight is 251 g/mol. The molecule has 2 heterocycles. The van der Waals surface area contributed by atoms with Crippen LogP contribution in [0.25, 0.3) is 0 Å². The molecule has 0 spiro atoms. The van der Waals surface area contributed by atoms with Crippen LogP contribution in [0.1, 0.15) is 40.5 Å². The molecule has 1 amide bonds. The summed E-state index contributed by atoms with van der Waals surface area (Å²) < 4.78 is 0. The zero-order valence-electron chi connectivity index (χ0n) is 9.82. The maximum atomic E-state index is 12.4. The van der Waals surface area contributed by atoms with Gasteiger partial charge >= 0.3 is 0 Å². The fourth-order valence-electron chi connectivity index (χ4n) is 2.40. The number of thiazole rings is 1. The fourth-order valence-corrected chi connectivity index (χ4v) is 3.24. The summed E-state index contributed by atoms with van der Waals surface area (Å²) in [5.74, 6) is 0.735. The quantitative estimate of drug-likeness (QED) is 0.865. The zero-order chi connectivity index (χ0) is 11.7. The molecule has 0 atom stereocenters. The monoisotopic (exact) mass is 251 g/mol. The minimum absolute atomic E-state index is 0.191. The van der Waals surface area contributed by atoms with Crippen LogP contribution in [0, 0.1) is 0 Å². The summed E-state index contributed by atoms with van der Waals surface area (Å²) >= 11 is 1.51. The van der Waals surface area contributed by atoms with E-state index < -0.39 is 0 Å². The molecule has 92 valence electrons. The van der Waals surface area contributed by atoms with E-state index in [0.29, 0.717) is 5.92 Å². The van der Waals surface area contributed by atoms with Crippen molar-refractivity contribution in [2.24, 2.45) is 0 Å². The van der Waals surface area contributed by atoms with Crippen LogP contribution in [0.15, 0.2) is 5.51 Å². The van der Waals surface area contributed by atoms with Crippen LogP contribution in [0.5, 0.6) is 0 Å². The number of amides is 1. The maximum Gasteiger partial charge on any atom is 0.265 e. The fraction of sp³-hybridized carbons (Fsp3) is 0.667. The third-order valence-electron chi connectivity index (χ3n) is 3.69. The second-order valence-electron chi connectivity index (χ2n) is 4.74. The standard InChI is InChI=1S/C12H17N3OS/c16-12(15-6-4-13-5-7-15)11-10(14-8-17-11)9-2-1-3-9/h8-9,13H,1-7H2. The number of aromatic nitrogens is 1. The van der Waals surface area contributed by atoms with Gasteiger partial charge in [0, 0.05) is 32.1 Å². The highest BCUT2D eigenvalue weighted by Crippen LogP contribution is 2.38. The first kappa shape index (κ1) is 11.2. The van der Waals surface area contributed by atoms with Crippen LogP contribution in [-0.2, 0) is 0 Å². The van der Waals surface area contributed by atoms with E-state index in [1.54, 1.807) is 0 Å². The van der Waals surface area contributed by atoms with Crippen molar-refractivity contribution < 1.29 is 4.79 Å². The summed E-state index contributed by atoms with van der Waals surface area (Å²) in [4.78, 5) is 19.6. The van der Waals surface area contributed by atoms with Gasteiger partial charge in [0.2, 0.25) is 0 Å². The normalized spacial score (nSPS) is 21.3. The van der Waals surface area contributed by atoms with Gasteiger partial charge in [0.15, 0.2) is 0 Å². The number of carbonyl (C=O) groups is 1. The summed E-state index contributed by atoms with van der Waals surface area (Å²) in [5.41, 5.74) is 2.88.